The van der Waals surface area contributed by atoms with Crippen LogP contribution >= 0.6 is 0 Å². The monoisotopic (exact) mass is 208 g/mol. The van der Waals surface area contributed by atoms with Crippen molar-refractivity contribution in [1.29, 1.82) is 0 Å². The summed E-state index contributed by atoms with van der Waals surface area (Å²) in [7, 11) is 1.55. The molecule has 0 saturated heterocycles. The van der Waals surface area contributed by atoms with E-state index in [0.29, 0.717) is 11.3 Å². The minimum absolute atomic E-state index is 0.292. The van der Waals surface area contributed by atoms with Crippen LogP contribution in [0.3, 0.4) is 0 Å². The van der Waals surface area contributed by atoms with E-state index in [1.54, 1.807) is 13.2 Å². The normalized spacial score (nSPS) is 10.0. The van der Waals surface area contributed by atoms with Gasteiger partial charge in [0.15, 0.2) is 0 Å². The lowest BCUT2D eigenvalue weighted by atomic mass is 10.0. The van der Waals surface area contributed by atoms with Crippen molar-refractivity contribution in [3.8, 4) is 5.75 Å². The van der Waals surface area contributed by atoms with E-state index >= 15 is 0 Å². The minimum Gasteiger partial charge on any atom is -0.497 e. The van der Waals surface area contributed by atoms with E-state index in [1.807, 2.05) is 6.07 Å². The summed E-state index contributed by atoms with van der Waals surface area (Å²) in [6.07, 6.45) is 3.06. The molecule has 0 atom stereocenters. The fourth-order valence-electron chi connectivity index (χ4n) is 1.43. The smallest absolute Gasteiger partial charge is 0.335 e. The zero-order chi connectivity index (χ0) is 11.3. The van der Waals surface area contributed by atoms with Crippen molar-refractivity contribution in [2.45, 2.75) is 26.2 Å². The van der Waals surface area contributed by atoms with Crippen LogP contribution < -0.4 is 4.74 Å². The highest BCUT2D eigenvalue weighted by Gasteiger charge is 2.06. The summed E-state index contributed by atoms with van der Waals surface area (Å²) in [5.74, 6) is -0.298. The average Bonchev–Trinajstić information content (AvgIpc) is 2.25. The van der Waals surface area contributed by atoms with Crippen molar-refractivity contribution in [2.75, 3.05) is 7.11 Å². The van der Waals surface area contributed by atoms with Crippen LogP contribution in [0.15, 0.2) is 18.2 Å². The second-order valence-electron chi connectivity index (χ2n) is 3.48. The molecule has 1 N–H and O–H groups in total. The first-order chi connectivity index (χ1) is 7.17. The molecular weight excluding hydrogens is 192 g/mol. The van der Waals surface area contributed by atoms with Gasteiger partial charge in [-0.15, -0.1) is 0 Å². The highest BCUT2D eigenvalue weighted by Crippen LogP contribution is 2.18. The molecule has 0 aromatic heterocycles. The van der Waals surface area contributed by atoms with Crippen molar-refractivity contribution in [1.82, 2.24) is 0 Å². The van der Waals surface area contributed by atoms with Crippen LogP contribution in [0.5, 0.6) is 5.75 Å². The summed E-state index contributed by atoms with van der Waals surface area (Å²) < 4.78 is 5.06. The molecule has 0 unspecified atom stereocenters. The molecule has 1 aromatic rings. The molecule has 1 aromatic carbocycles. The topological polar surface area (TPSA) is 46.5 Å². The maximum absolute atomic E-state index is 10.8. The third kappa shape index (κ3) is 3.27. The van der Waals surface area contributed by atoms with Gasteiger partial charge in [-0.1, -0.05) is 13.3 Å². The summed E-state index contributed by atoms with van der Waals surface area (Å²) in [5, 5.41) is 8.90. The van der Waals surface area contributed by atoms with Gasteiger partial charge in [0, 0.05) is 0 Å². The Morgan fingerprint density at radius 1 is 1.40 bits per heavy atom. The zero-order valence-corrected chi connectivity index (χ0v) is 9.12. The quantitative estimate of drug-likeness (QED) is 0.809. The van der Waals surface area contributed by atoms with Crippen LogP contribution in [0.1, 0.15) is 35.7 Å². The molecule has 0 aliphatic heterocycles. The minimum atomic E-state index is -0.911. The molecule has 15 heavy (non-hydrogen) atoms. The molecule has 0 radical (unpaired) electrons. The Balaban J connectivity index is 2.95. The van der Waals surface area contributed by atoms with Crippen molar-refractivity contribution in [3.63, 3.8) is 0 Å². The van der Waals surface area contributed by atoms with Crippen molar-refractivity contribution in [2.24, 2.45) is 0 Å². The van der Waals surface area contributed by atoms with Crippen LogP contribution in [0.2, 0.25) is 0 Å². The van der Waals surface area contributed by atoms with E-state index in [9.17, 15) is 4.79 Å². The second-order valence-corrected chi connectivity index (χ2v) is 3.48. The Bertz CT molecular complexity index is 345. The number of aryl methyl sites for hydroxylation is 1. The molecule has 0 spiro atoms. The Hall–Kier alpha value is -1.51. The third-order valence-corrected chi connectivity index (χ3v) is 2.27. The number of unbranched alkanes of at least 4 members (excludes halogenated alkanes) is 1. The highest BCUT2D eigenvalue weighted by atomic mass is 16.5. The van der Waals surface area contributed by atoms with E-state index in [0.717, 1.165) is 24.8 Å². The third-order valence-electron chi connectivity index (χ3n) is 2.27. The maximum Gasteiger partial charge on any atom is 0.335 e. The van der Waals surface area contributed by atoms with Crippen LogP contribution in [-0.2, 0) is 6.42 Å². The lowest BCUT2D eigenvalue weighted by Gasteiger charge is -2.06. The SMILES string of the molecule is CCCCc1cc(OC)cc(C(=O)O)c1. The molecule has 0 aliphatic carbocycles. The number of carboxylic acid groups (broad SMARTS) is 1. The Kier molecular flexibility index (Phi) is 4.16. The summed E-state index contributed by atoms with van der Waals surface area (Å²) in [6.45, 7) is 2.11. The molecule has 0 aliphatic rings. The molecule has 0 saturated carbocycles. The lowest BCUT2D eigenvalue weighted by Crippen LogP contribution is -1.99. The summed E-state index contributed by atoms with van der Waals surface area (Å²) in [6, 6.07) is 5.14. The van der Waals surface area contributed by atoms with Gasteiger partial charge in [-0.3, -0.25) is 0 Å². The van der Waals surface area contributed by atoms with Crippen molar-refractivity contribution >= 4 is 5.97 Å². The zero-order valence-electron chi connectivity index (χ0n) is 9.12. The fraction of sp³-hybridized carbons (Fsp3) is 0.417. The van der Waals surface area contributed by atoms with Gasteiger partial charge < -0.3 is 9.84 Å². The average molecular weight is 208 g/mol. The molecule has 1 rings (SSSR count). The summed E-state index contributed by atoms with van der Waals surface area (Å²) in [4.78, 5) is 10.8. The Morgan fingerprint density at radius 3 is 2.67 bits per heavy atom. The number of benzene rings is 1. The van der Waals surface area contributed by atoms with Gasteiger partial charge in [-0.2, -0.15) is 0 Å². The number of methoxy groups -OCH3 is 1. The van der Waals surface area contributed by atoms with Gasteiger partial charge >= 0.3 is 5.97 Å². The van der Waals surface area contributed by atoms with Gasteiger partial charge in [0.25, 0.3) is 0 Å². The van der Waals surface area contributed by atoms with Gasteiger partial charge in [0.05, 0.1) is 12.7 Å². The Morgan fingerprint density at radius 2 is 2.13 bits per heavy atom. The number of aromatic carboxylic acids is 1. The first-order valence-corrected chi connectivity index (χ1v) is 5.08. The van der Waals surface area contributed by atoms with Crippen LogP contribution in [-0.4, -0.2) is 18.2 Å². The molecule has 0 amide bonds. The first kappa shape index (κ1) is 11.6. The maximum atomic E-state index is 10.8. The number of carbonyl (C=O) groups is 1. The molecule has 3 heteroatoms. The number of carboxylic acids is 1. The predicted octanol–water partition coefficient (Wildman–Crippen LogP) is 2.74. The van der Waals surface area contributed by atoms with Crippen molar-refractivity contribution < 1.29 is 14.6 Å². The molecule has 0 fully saturated rings. The molecule has 0 heterocycles. The van der Waals surface area contributed by atoms with Crippen LogP contribution in [0.4, 0.5) is 0 Å². The second kappa shape index (κ2) is 5.39. The Labute approximate surface area is 89.7 Å². The van der Waals surface area contributed by atoms with E-state index in [1.165, 1.54) is 6.07 Å². The van der Waals surface area contributed by atoms with Crippen LogP contribution in [0, 0.1) is 0 Å². The number of hydrogen-bond acceptors (Lipinski definition) is 2. The summed E-state index contributed by atoms with van der Waals surface area (Å²) in [5.41, 5.74) is 1.31. The fourth-order valence-corrected chi connectivity index (χ4v) is 1.43. The predicted molar refractivity (Wildman–Crippen MR) is 58.6 cm³/mol. The largest absolute Gasteiger partial charge is 0.497 e. The van der Waals surface area contributed by atoms with E-state index in [-0.39, 0.29) is 0 Å². The standard InChI is InChI=1S/C12H16O3/c1-3-4-5-9-6-10(12(13)14)8-11(7-9)15-2/h6-8H,3-5H2,1-2H3,(H,13,14). The van der Waals surface area contributed by atoms with E-state index in [2.05, 4.69) is 6.92 Å². The first-order valence-electron chi connectivity index (χ1n) is 5.08. The van der Waals surface area contributed by atoms with Gasteiger partial charge in [-0.05, 0) is 36.6 Å². The van der Waals surface area contributed by atoms with Gasteiger partial charge in [0.2, 0.25) is 0 Å². The van der Waals surface area contributed by atoms with E-state index < -0.39 is 5.97 Å². The number of rotatable bonds is 5. The highest BCUT2D eigenvalue weighted by molar-refractivity contribution is 5.88. The van der Waals surface area contributed by atoms with Gasteiger partial charge in [-0.25, -0.2) is 4.79 Å². The molecule has 3 nitrogen and oxygen atoms in total. The summed E-state index contributed by atoms with van der Waals surface area (Å²) >= 11 is 0. The van der Waals surface area contributed by atoms with E-state index in [4.69, 9.17) is 9.84 Å². The van der Waals surface area contributed by atoms with Crippen molar-refractivity contribution in [3.05, 3.63) is 29.3 Å². The van der Waals surface area contributed by atoms with Crippen LogP contribution in [0.25, 0.3) is 0 Å². The molecule has 82 valence electrons. The molecule has 0 bridgehead atoms. The number of hydrogen-bond donors (Lipinski definition) is 1. The lowest BCUT2D eigenvalue weighted by molar-refractivity contribution is 0.0696. The molecular formula is C12H16O3. The number of ether oxygens (including phenoxy) is 1. The van der Waals surface area contributed by atoms with Gasteiger partial charge in [0.1, 0.15) is 5.75 Å².